The van der Waals surface area contributed by atoms with Crippen LogP contribution in [0.5, 0.6) is 0 Å². The molecule has 2 fully saturated rings. The molecule has 2 aliphatic heterocycles. The summed E-state index contributed by atoms with van der Waals surface area (Å²) in [5, 5.41) is 17.1. The van der Waals surface area contributed by atoms with Crippen LogP contribution in [-0.4, -0.2) is 35.9 Å². The van der Waals surface area contributed by atoms with E-state index in [4.69, 9.17) is 4.74 Å². The molecule has 1 aromatic carbocycles. The predicted octanol–water partition coefficient (Wildman–Crippen LogP) is 2.55. The van der Waals surface area contributed by atoms with Crippen molar-refractivity contribution >= 4 is 27.5 Å². The Hall–Kier alpha value is -1.63. The van der Waals surface area contributed by atoms with E-state index in [0.717, 1.165) is 34.2 Å². The van der Waals surface area contributed by atoms with Crippen LogP contribution in [0.2, 0.25) is 0 Å². The van der Waals surface area contributed by atoms with Crippen LogP contribution in [0, 0.1) is 0 Å². The second-order valence-corrected chi connectivity index (χ2v) is 7.39. The van der Waals surface area contributed by atoms with Gasteiger partial charge in [0.05, 0.1) is 24.8 Å². The standard InChI is InChI=1S/C17H20N2O3S/c20-13(16-7-10-3-1-2-4-15(10)23-16)9-18-17(21)19-12-8-11-5-6-14(12)22-11/h1-4,7,11-14,20H,5-6,8-9H2,(H2,18,19,21). The summed E-state index contributed by atoms with van der Waals surface area (Å²) in [6.45, 7) is 0.209. The lowest BCUT2D eigenvalue weighted by molar-refractivity contribution is 0.0979. The van der Waals surface area contributed by atoms with Gasteiger partial charge in [0.25, 0.3) is 0 Å². The van der Waals surface area contributed by atoms with Crippen molar-refractivity contribution in [2.45, 2.75) is 43.6 Å². The number of urea groups is 1. The Morgan fingerprint density at radius 1 is 1.39 bits per heavy atom. The molecule has 2 aliphatic rings. The van der Waals surface area contributed by atoms with E-state index in [1.54, 1.807) is 11.3 Å². The summed E-state index contributed by atoms with van der Waals surface area (Å²) in [7, 11) is 0. The molecule has 2 aromatic rings. The molecule has 4 atom stereocenters. The van der Waals surface area contributed by atoms with Gasteiger partial charge in [-0.3, -0.25) is 0 Å². The Morgan fingerprint density at radius 3 is 3.00 bits per heavy atom. The maximum absolute atomic E-state index is 12.0. The normalized spacial score (nSPS) is 27.3. The molecule has 0 aliphatic carbocycles. The van der Waals surface area contributed by atoms with Crippen molar-refractivity contribution in [2.75, 3.05) is 6.54 Å². The van der Waals surface area contributed by atoms with Crippen molar-refractivity contribution in [2.24, 2.45) is 0 Å². The minimum atomic E-state index is -0.686. The summed E-state index contributed by atoms with van der Waals surface area (Å²) in [5.74, 6) is 0. The van der Waals surface area contributed by atoms with E-state index in [-0.39, 0.29) is 24.7 Å². The number of fused-ring (bicyclic) bond motifs is 3. The van der Waals surface area contributed by atoms with Gasteiger partial charge in [-0.05, 0) is 36.8 Å². The Balaban J connectivity index is 1.30. The summed E-state index contributed by atoms with van der Waals surface area (Å²) in [6.07, 6.45) is 2.83. The first-order chi connectivity index (χ1) is 11.2. The molecule has 0 saturated carbocycles. The Labute approximate surface area is 138 Å². The Morgan fingerprint density at radius 2 is 2.26 bits per heavy atom. The third kappa shape index (κ3) is 3.06. The molecule has 0 spiro atoms. The maximum Gasteiger partial charge on any atom is 0.315 e. The topological polar surface area (TPSA) is 70.6 Å². The van der Waals surface area contributed by atoms with Crippen LogP contribution in [0.15, 0.2) is 30.3 Å². The van der Waals surface area contributed by atoms with E-state index in [2.05, 4.69) is 10.6 Å². The average Bonchev–Trinajstić information content (AvgIpc) is 3.26. The average molecular weight is 332 g/mol. The minimum absolute atomic E-state index is 0.107. The molecular weight excluding hydrogens is 312 g/mol. The number of aliphatic hydroxyl groups excluding tert-OH is 1. The lowest BCUT2D eigenvalue weighted by Gasteiger charge is -2.20. The molecule has 6 heteroatoms. The number of hydrogen-bond acceptors (Lipinski definition) is 4. The Bertz CT molecular complexity index is 684. The van der Waals surface area contributed by atoms with Crippen LogP contribution in [-0.2, 0) is 4.74 Å². The van der Waals surface area contributed by atoms with E-state index in [9.17, 15) is 9.90 Å². The van der Waals surface area contributed by atoms with Crippen LogP contribution < -0.4 is 10.6 Å². The molecule has 5 nitrogen and oxygen atoms in total. The zero-order valence-corrected chi connectivity index (χ0v) is 13.5. The zero-order valence-electron chi connectivity index (χ0n) is 12.7. The number of nitrogens with one attached hydrogen (secondary N) is 2. The van der Waals surface area contributed by atoms with Gasteiger partial charge in [0, 0.05) is 9.58 Å². The largest absolute Gasteiger partial charge is 0.386 e. The minimum Gasteiger partial charge on any atom is -0.386 e. The first-order valence-electron chi connectivity index (χ1n) is 8.05. The third-order valence-electron chi connectivity index (χ3n) is 4.65. The summed E-state index contributed by atoms with van der Waals surface area (Å²) in [4.78, 5) is 12.9. The van der Waals surface area contributed by atoms with Gasteiger partial charge in [0.1, 0.15) is 6.10 Å². The first-order valence-corrected chi connectivity index (χ1v) is 8.87. The van der Waals surface area contributed by atoms with Gasteiger partial charge in [-0.15, -0.1) is 11.3 Å². The number of benzene rings is 1. The molecule has 4 unspecified atom stereocenters. The summed E-state index contributed by atoms with van der Waals surface area (Å²) in [6, 6.07) is 9.88. The SMILES string of the molecule is O=C(NCC(O)c1cc2ccccc2s1)NC1CC2CCC1O2. The van der Waals surface area contributed by atoms with Gasteiger partial charge in [0.2, 0.25) is 0 Å². The van der Waals surface area contributed by atoms with E-state index in [0.29, 0.717) is 6.10 Å². The van der Waals surface area contributed by atoms with E-state index in [1.807, 2.05) is 30.3 Å². The summed E-state index contributed by atoms with van der Waals surface area (Å²) >= 11 is 1.56. The third-order valence-corrected chi connectivity index (χ3v) is 5.87. The lowest BCUT2D eigenvalue weighted by Crippen LogP contribution is -2.47. The monoisotopic (exact) mass is 332 g/mol. The van der Waals surface area contributed by atoms with Gasteiger partial charge >= 0.3 is 6.03 Å². The smallest absolute Gasteiger partial charge is 0.315 e. The molecule has 3 heterocycles. The van der Waals surface area contributed by atoms with Crippen LogP contribution in [0.25, 0.3) is 10.1 Å². The number of amides is 2. The Kier molecular flexibility index (Phi) is 3.97. The van der Waals surface area contributed by atoms with Gasteiger partial charge in [-0.2, -0.15) is 0 Å². The van der Waals surface area contributed by atoms with Gasteiger partial charge in [-0.1, -0.05) is 18.2 Å². The molecule has 4 rings (SSSR count). The molecule has 1 aromatic heterocycles. The maximum atomic E-state index is 12.0. The molecule has 3 N–H and O–H groups in total. The molecule has 2 amide bonds. The number of hydrogen-bond donors (Lipinski definition) is 3. The molecule has 23 heavy (non-hydrogen) atoms. The molecular formula is C17H20N2O3S. The number of thiophene rings is 1. The van der Waals surface area contributed by atoms with Crippen molar-refractivity contribution in [1.29, 1.82) is 0 Å². The van der Waals surface area contributed by atoms with Gasteiger partial charge in [0.15, 0.2) is 0 Å². The van der Waals surface area contributed by atoms with E-state index in [1.165, 1.54) is 0 Å². The summed E-state index contributed by atoms with van der Waals surface area (Å²) < 4.78 is 6.87. The number of aliphatic hydroxyl groups is 1. The quantitative estimate of drug-likeness (QED) is 0.806. The van der Waals surface area contributed by atoms with Gasteiger partial charge < -0.3 is 20.5 Å². The van der Waals surface area contributed by atoms with Crippen LogP contribution >= 0.6 is 11.3 Å². The van der Waals surface area contributed by atoms with E-state index < -0.39 is 6.10 Å². The van der Waals surface area contributed by atoms with Crippen LogP contribution in [0.4, 0.5) is 4.79 Å². The second-order valence-electron chi connectivity index (χ2n) is 6.27. The molecule has 122 valence electrons. The summed E-state index contributed by atoms with van der Waals surface area (Å²) in [5.41, 5.74) is 0. The van der Waals surface area contributed by atoms with Crippen molar-refractivity contribution in [3.05, 3.63) is 35.2 Å². The molecule has 2 bridgehead atoms. The van der Waals surface area contributed by atoms with Crippen molar-refractivity contribution in [3.8, 4) is 0 Å². The lowest BCUT2D eigenvalue weighted by atomic mass is 9.96. The zero-order chi connectivity index (χ0) is 15.8. The molecule has 2 saturated heterocycles. The van der Waals surface area contributed by atoms with Crippen LogP contribution in [0.1, 0.15) is 30.2 Å². The van der Waals surface area contributed by atoms with Crippen molar-refractivity contribution in [1.82, 2.24) is 10.6 Å². The number of ether oxygens (including phenoxy) is 1. The molecule has 0 radical (unpaired) electrons. The number of carbonyl (C=O) groups excluding carboxylic acids is 1. The fraction of sp³-hybridized carbons (Fsp3) is 0.471. The van der Waals surface area contributed by atoms with Crippen molar-refractivity contribution < 1.29 is 14.6 Å². The first kappa shape index (κ1) is 14.9. The second kappa shape index (κ2) is 6.11. The van der Waals surface area contributed by atoms with Crippen molar-refractivity contribution in [3.63, 3.8) is 0 Å². The fourth-order valence-electron chi connectivity index (χ4n) is 3.47. The van der Waals surface area contributed by atoms with E-state index >= 15 is 0 Å². The highest BCUT2D eigenvalue weighted by Crippen LogP contribution is 2.34. The van der Waals surface area contributed by atoms with Gasteiger partial charge in [-0.25, -0.2) is 4.79 Å². The highest BCUT2D eigenvalue weighted by atomic mass is 32.1. The van der Waals surface area contributed by atoms with Crippen LogP contribution in [0.3, 0.4) is 0 Å². The highest BCUT2D eigenvalue weighted by molar-refractivity contribution is 7.19. The number of rotatable bonds is 4. The number of carbonyl (C=O) groups is 1. The highest BCUT2D eigenvalue weighted by Gasteiger charge is 2.41. The predicted molar refractivity (Wildman–Crippen MR) is 89.6 cm³/mol. The fourth-order valence-corrected chi connectivity index (χ4v) is 4.52.